The maximum atomic E-state index is 11.9. The number of esters is 1. The Morgan fingerprint density at radius 1 is 1.14 bits per heavy atom. The third-order valence-electron chi connectivity index (χ3n) is 5.19. The molecule has 3 heterocycles. The van der Waals surface area contributed by atoms with Crippen LogP contribution in [0.4, 0.5) is 0 Å². The van der Waals surface area contributed by atoms with Gasteiger partial charge in [-0.25, -0.2) is 9.78 Å². The van der Waals surface area contributed by atoms with Crippen molar-refractivity contribution in [1.82, 2.24) is 14.9 Å². The van der Waals surface area contributed by atoms with E-state index in [-0.39, 0.29) is 5.97 Å². The molecule has 1 saturated heterocycles. The fraction of sp³-hybridized carbons (Fsp3) is 0.409. The molecular weight excluding hydrogens is 386 g/mol. The Morgan fingerprint density at radius 2 is 1.86 bits per heavy atom. The molecule has 0 unspecified atom stereocenters. The average Bonchev–Trinajstić information content (AvgIpc) is 3.31. The molecule has 0 aliphatic carbocycles. The van der Waals surface area contributed by atoms with E-state index in [1.54, 1.807) is 42.5 Å². The van der Waals surface area contributed by atoms with Crippen LogP contribution < -0.4 is 4.74 Å². The molecule has 1 aromatic carbocycles. The Hall–Kier alpha value is -2.51. The van der Waals surface area contributed by atoms with Crippen LogP contribution in [0.1, 0.15) is 46.4 Å². The monoisotopic (exact) mass is 411 g/mol. The van der Waals surface area contributed by atoms with E-state index in [2.05, 4.69) is 18.7 Å². The molecule has 152 valence electrons. The number of hydrogen-bond acceptors (Lipinski definition) is 7. The standard InChI is InChI=1S/C22H25N3O3S/c1-4-27-22(26)16-7-9-17(10-8-16)28-20-19-14(2)15(3)29-21(19)24-18(23-20)13-25-11-5-6-12-25/h7-10H,4-6,11-13H2,1-3H3. The van der Waals surface area contributed by atoms with Crippen molar-refractivity contribution in [3.63, 3.8) is 0 Å². The van der Waals surface area contributed by atoms with E-state index in [1.807, 2.05) is 0 Å². The van der Waals surface area contributed by atoms with Crippen molar-refractivity contribution in [2.75, 3.05) is 19.7 Å². The Morgan fingerprint density at radius 3 is 2.55 bits per heavy atom. The third kappa shape index (κ3) is 4.26. The molecule has 0 radical (unpaired) electrons. The van der Waals surface area contributed by atoms with Crippen LogP contribution in [0.25, 0.3) is 10.2 Å². The SMILES string of the molecule is CCOC(=O)c1ccc(Oc2nc(CN3CCCC3)nc3sc(C)c(C)c23)cc1. The van der Waals surface area contributed by atoms with Gasteiger partial charge in [0.25, 0.3) is 0 Å². The molecule has 0 spiro atoms. The molecule has 29 heavy (non-hydrogen) atoms. The first kappa shape index (κ1) is 19.8. The van der Waals surface area contributed by atoms with Crippen molar-refractivity contribution < 1.29 is 14.3 Å². The Balaban J connectivity index is 1.65. The van der Waals surface area contributed by atoms with Gasteiger partial charge < -0.3 is 9.47 Å². The quantitative estimate of drug-likeness (QED) is 0.539. The second kappa shape index (κ2) is 8.47. The van der Waals surface area contributed by atoms with Crippen LogP contribution in [0, 0.1) is 13.8 Å². The van der Waals surface area contributed by atoms with Crippen LogP contribution >= 0.6 is 11.3 Å². The number of thiophene rings is 1. The largest absolute Gasteiger partial charge is 0.462 e. The Bertz CT molecular complexity index is 1020. The number of likely N-dealkylation sites (tertiary alicyclic amines) is 1. The molecule has 0 N–H and O–H groups in total. The number of fused-ring (bicyclic) bond motifs is 1. The minimum atomic E-state index is -0.333. The maximum Gasteiger partial charge on any atom is 0.338 e. The normalized spacial score (nSPS) is 14.4. The van der Waals surface area contributed by atoms with Gasteiger partial charge in [0.15, 0.2) is 0 Å². The van der Waals surface area contributed by atoms with Crippen LogP contribution in [0.15, 0.2) is 24.3 Å². The minimum Gasteiger partial charge on any atom is -0.462 e. The van der Waals surface area contributed by atoms with Crippen LogP contribution in [0.2, 0.25) is 0 Å². The lowest BCUT2D eigenvalue weighted by Gasteiger charge is -2.14. The summed E-state index contributed by atoms with van der Waals surface area (Å²) in [6.45, 7) is 9.25. The summed E-state index contributed by atoms with van der Waals surface area (Å²) in [5, 5.41) is 0.965. The molecule has 4 rings (SSSR count). The average molecular weight is 412 g/mol. The highest BCUT2D eigenvalue weighted by Crippen LogP contribution is 2.36. The molecule has 6 nitrogen and oxygen atoms in total. The van der Waals surface area contributed by atoms with E-state index >= 15 is 0 Å². The molecule has 0 saturated carbocycles. The Labute approximate surface area is 174 Å². The van der Waals surface area contributed by atoms with Gasteiger partial charge in [0.05, 0.1) is 24.1 Å². The number of carbonyl (C=O) groups is 1. The van der Waals surface area contributed by atoms with Gasteiger partial charge in [0, 0.05) is 4.88 Å². The van der Waals surface area contributed by atoms with Gasteiger partial charge in [-0.15, -0.1) is 11.3 Å². The summed E-state index contributed by atoms with van der Waals surface area (Å²) < 4.78 is 11.2. The molecule has 1 aliphatic rings. The molecule has 1 aliphatic heterocycles. The van der Waals surface area contributed by atoms with Crippen LogP contribution in [0.3, 0.4) is 0 Å². The van der Waals surface area contributed by atoms with Crippen molar-refractivity contribution in [1.29, 1.82) is 0 Å². The summed E-state index contributed by atoms with van der Waals surface area (Å²) >= 11 is 1.68. The van der Waals surface area contributed by atoms with E-state index in [0.29, 0.717) is 23.8 Å². The van der Waals surface area contributed by atoms with E-state index in [9.17, 15) is 4.79 Å². The minimum absolute atomic E-state index is 0.333. The third-order valence-corrected chi connectivity index (χ3v) is 6.29. The predicted octanol–water partition coefficient (Wildman–Crippen LogP) is 4.87. The fourth-order valence-corrected chi connectivity index (χ4v) is 4.56. The van der Waals surface area contributed by atoms with E-state index < -0.39 is 0 Å². The van der Waals surface area contributed by atoms with Crippen molar-refractivity contribution in [2.45, 2.75) is 40.2 Å². The number of aromatic nitrogens is 2. The first-order valence-electron chi connectivity index (χ1n) is 9.99. The zero-order chi connectivity index (χ0) is 20.4. The van der Waals surface area contributed by atoms with Gasteiger partial charge in [-0.1, -0.05) is 0 Å². The molecule has 1 fully saturated rings. The number of hydrogen-bond donors (Lipinski definition) is 0. The fourth-order valence-electron chi connectivity index (χ4n) is 3.53. The highest BCUT2D eigenvalue weighted by molar-refractivity contribution is 7.18. The Kier molecular flexibility index (Phi) is 5.78. The first-order chi connectivity index (χ1) is 14.0. The number of benzene rings is 1. The number of ether oxygens (including phenoxy) is 2. The van der Waals surface area contributed by atoms with E-state index in [0.717, 1.165) is 41.2 Å². The summed E-state index contributed by atoms with van der Waals surface area (Å²) in [5.41, 5.74) is 1.65. The summed E-state index contributed by atoms with van der Waals surface area (Å²) in [4.78, 5) is 26.0. The van der Waals surface area contributed by atoms with Gasteiger partial charge in [0.1, 0.15) is 16.4 Å². The lowest BCUT2D eigenvalue weighted by Crippen LogP contribution is -2.20. The lowest BCUT2D eigenvalue weighted by molar-refractivity contribution is 0.0526. The van der Waals surface area contributed by atoms with Crippen molar-refractivity contribution in [2.24, 2.45) is 0 Å². The maximum absolute atomic E-state index is 11.9. The topological polar surface area (TPSA) is 64.6 Å². The molecular formula is C22H25N3O3S. The van der Waals surface area contributed by atoms with Crippen molar-refractivity contribution in [3.05, 3.63) is 46.1 Å². The zero-order valence-electron chi connectivity index (χ0n) is 17.0. The predicted molar refractivity (Wildman–Crippen MR) is 114 cm³/mol. The van der Waals surface area contributed by atoms with E-state index in [1.165, 1.54) is 17.7 Å². The second-order valence-electron chi connectivity index (χ2n) is 7.24. The molecule has 0 bridgehead atoms. The second-order valence-corrected chi connectivity index (χ2v) is 8.44. The number of nitrogens with zero attached hydrogens (tertiary/aromatic N) is 3. The summed E-state index contributed by atoms with van der Waals surface area (Å²) in [7, 11) is 0. The smallest absolute Gasteiger partial charge is 0.338 e. The van der Waals surface area contributed by atoms with Gasteiger partial charge in [-0.2, -0.15) is 4.98 Å². The van der Waals surface area contributed by atoms with Crippen molar-refractivity contribution >= 4 is 27.5 Å². The highest BCUT2D eigenvalue weighted by atomic mass is 32.1. The van der Waals surface area contributed by atoms with Gasteiger partial charge in [-0.3, -0.25) is 4.90 Å². The zero-order valence-corrected chi connectivity index (χ0v) is 17.8. The summed E-state index contributed by atoms with van der Waals surface area (Å²) in [6, 6.07) is 6.97. The lowest BCUT2D eigenvalue weighted by atomic mass is 10.2. The number of rotatable bonds is 6. The van der Waals surface area contributed by atoms with Crippen LogP contribution in [-0.4, -0.2) is 40.5 Å². The van der Waals surface area contributed by atoms with Crippen molar-refractivity contribution in [3.8, 4) is 11.6 Å². The summed E-state index contributed by atoms with van der Waals surface area (Å²) in [6.07, 6.45) is 2.46. The number of carbonyl (C=O) groups excluding carboxylic acids is 1. The molecule has 3 aromatic rings. The van der Waals surface area contributed by atoms with Crippen LogP contribution in [0.5, 0.6) is 11.6 Å². The summed E-state index contributed by atoms with van der Waals surface area (Å²) in [5.74, 6) is 1.67. The molecule has 7 heteroatoms. The van der Waals surface area contributed by atoms with E-state index in [4.69, 9.17) is 19.4 Å². The molecule has 2 aromatic heterocycles. The molecule has 0 atom stereocenters. The van der Waals surface area contributed by atoms with Gasteiger partial charge in [-0.05, 0) is 76.5 Å². The highest BCUT2D eigenvalue weighted by Gasteiger charge is 2.19. The van der Waals surface area contributed by atoms with Crippen LogP contribution in [-0.2, 0) is 11.3 Å². The number of aryl methyl sites for hydroxylation is 2. The van der Waals surface area contributed by atoms with Gasteiger partial charge >= 0.3 is 5.97 Å². The molecule has 0 amide bonds. The van der Waals surface area contributed by atoms with Gasteiger partial charge in [0.2, 0.25) is 5.88 Å². The first-order valence-corrected chi connectivity index (χ1v) is 10.8.